The number of hydrogen-bond acceptors (Lipinski definition) is 5. The van der Waals surface area contributed by atoms with E-state index in [4.69, 9.17) is 5.11 Å². The number of rotatable bonds is 5. The van der Waals surface area contributed by atoms with Crippen molar-refractivity contribution in [2.24, 2.45) is 0 Å². The molecule has 3 N–H and O–H groups in total. The Balaban J connectivity index is 2.39. The summed E-state index contributed by atoms with van der Waals surface area (Å²) < 4.78 is 27.1. The highest BCUT2D eigenvalue weighted by Crippen LogP contribution is 2.26. The van der Waals surface area contributed by atoms with Gasteiger partial charge in [0.25, 0.3) is 10.0 Å². The fraction of sp³-hybridized carbons (Fsp3) is 0.250. The first-order chi connectivity index (χ1) is 9.45. The van der Waals surface area contributed by atoms with E-state index in [0.29, 0.717) is 5.69 Å². The van der Waals surface area contributed by atoms with Crippen LogP contribution in [0.4, 0.5) is 11.4 Å². The SMILES string of the molecule is CN(C)c1ccccc1NS(=O)(=O)c1[nH]ncc1CO. The van der Waals surface area contributed by atoms with E-state index in [0.717, 1.165) is 5.69 Å². The molecule has 0 bridgehead atoms. The molecule has 7 nitrogen and oxygen atoms in total. The minimum Gasteiger partial charge on any atom is -0.392 e. The zero-order valence-electron chi connectivity index (χ0n) is 11.2. The van der Waals surface area contributed by atoms with Crippen LogP contribution in [0.5, 0.6) is 0 Å². The Bertz CT molecular complexity index is 694. The molecule has 0 fully saturated rings. The predicted molar refractivity (Wildman–Crippen MR) is 76.1 cm³/mol. The number of nitrogens with zero attached hydrogens (tertiary/aromatic N) is 2. The molecule has 8 heteroatoms. The van der Waals surface area contributed by atoms with Gasteiger partial charge < -0.3 is 10.0 Å². The van der Waals surface area contributed by atoms with E-state index in [2.05, 4.69) is 14.9 Å². The second kappa shape index (κ2) is 5.51. The molecule has 0 unspecified atom stereocenters. The van der Waals surface area contributed by atoms with Crippen molar-refractivity contribution >= 4 is 21.4 Å². The van der Waals surface area contributed by atoms with E-state index >= 15 is 0 Å². The molecule has 0 saturated heterocycles. The molecular formula is C12H16N4O3S. The molecule has 0 aliphatic carbocycles. The summed E-state index contributed by atoms with van der Waals surface area (Å²) in [4.78, 5) is 1.80. The number of sulfonamides is 1. The van der Waals surface area contributed by atoms with Crippen LogP contribution >= 0.6 is 0 Å². The minimum absolute atomic E-state index is 0.131. The molecule has 1 aromatic carbocycles. The number of aliphatic hydroxyl groups is 1. The molecule has 1 aromatic heterocycles. The zero-order valence-corrected chi connectivity index (χ0v) is 12.0. The maximum Gasteiger partial charge on any atom is 0.279 e. The molecule has 0 saturated carbocycles. The van der Waals surface area contributed by atoms with Crippen molar-refractivity contribution in [1.82, 2.24) is 10.2 Å². The van der Waals surface area contributed by atoms with Crippen LogP contribution in [0.2, 0.25) is 0 Å². The number of anilines is 2. The number of aliphatic hydroxyl groups excluding tert-OH is 1. The lowest BCUT2D eigenvalue weighted by Crippen LogP contribution is -2.18. The normalized spacial score (nSPS) is 11.3. The van der Waals surface area contributed by atoms with E-state index in [1.54, 1.807) is 23.1 Å². The summed E-state index contributed by atoms with van der Waals surface area (Å²) in [6.45, 7) is -0.401. The Labute approximate surface area is 117 Å². The fourth-order valence-electron chi connectivity index (χ4n) is 1.79. The van der Waals surface area contributed by atoms with Gasteiger partial charge in [-0.05, 0) is 12.1 Å². The largest absolute Gasteiger partial charge is 0.392 e. The van der Waals surface area contributed by atoms with E-state index in [9.17, 15) is 8.42 Å². The Morgan fingerprint density at radius 2 is 2.05 bits per heavy atom. The van der Waals surface area contributed by atoms with Crippen molar-refractivity contribution in [3.63, 3.8) is 0 Å². The molecule has 0 spiro atoms. The second-order valence-electron chi connectivity index (χ2n) is 4.40. The van der Waals surface area contributed by atoms with Crippen molar-refractivity contribution in [3.05, 3.63) is 36.0 Å². The van der Waals surface area contributed by atoms with Gasteiger partial charge in [0.1, 0.15) is 0 Å². The molecule has 0 radical (unpaired) electrons. The van der Waals surface area contributed by atoms with Gasteiger partial charge in [0, 0.05) is 19.7 Å². The Morgan fingerprint density at radius 1 is 1.35 bits per heavy atom. The van der Waals surface area contributed by atoms with E-state index in [1.165, 1.54) is 6.20 Å². The first kappa shape index (κ1) is 14.4. The van der Waals surface area contributed by atoms with Crippen molar-refractivity contribution in [3.8, 4) is 0 Å². The molecule has 0 amide bonds. The first-order valence-electron chi connectivity index (χ1n) is 5.88. The van der Waals surface area contributed by atoms with Crippen LogP contribution in [0, 0.1) is 0 Å². The zero-order chi connectivity index (χ0) is 14.8. The van der Waals surface area contributed by atoms with Gasteiger partial charge in [-0.3, -0.25) is 9.82 Å². The maximum absolute atomic E-state index is 12.3. The van der Waals surface area contributed by atoms with Crippen LogP contribution in [0.1, 0.15) is 5.56 Å². The van der Waals surface area contributed by atoms with Crippen LogP contribution in [-0.4, -0.2) is 37.8 Å². The Kier molecular flexibility index (Phi) is 3.96. The molecule has 0 aliphatic rings. The molecule has 108 valence electrons. The Hall–Kier alpha value is -2.06. The smallest absolute Gasteiger partial charge is 0.279 e. The van der Waals surface area contributed by atoms with Gasteiger partial charge in [-0.15, -0.1) is 0 Å². The van der Waals surface area contributed by atoms with Crippen LogP contribution in [0.25, 0.3) is 0 Å². The summed E-state index contributed by atoms with van der Waals surface area (Å²) in [5.41, 5.74) is 1.41. The summed E-state index contributed by atoms with van der Waals surface area (Å²) >= 11 is 0. The standard InChI is InChI=1S/C12H16N4O3S/c1-16(2)11-6-4-3-5-10(11)15-20(18,19)12-9(8-17)7-13-14-12/h3-7,15,17H,8H2,1-2H3,(H,13,14). The highest BCUT2D eigenvalue weighted by molar-refractivity contribution is 7.92. The highest BCUT2D eigenvalue weighted by atomic mass is 32.2. The lowest BCUT2D eigenvalue weighted by Gasteiger charge is -2.18. The number of nitrogens with one attached hydrogen (secondary N) is 2. The van der Waals surface area contributed by atoms with Gasteiger partial charge >= 0.3 is 0 Å². The number of H-pyrrole nitrogens is 1. The molecule has 2 rings (SSSR count). The number of aromatic amines is 1. The van der Waals surface area contributed by atoms with E-state index in [1.807, 2.05) is 20.2 Å². The average molecular weight is 296 g/mol. The monoisotopic (exact) mass is 296 g/mol. The minimum atomic E-state index is -3.82. The quantitative estimate of drug-likeness (QED) is 0.757. The summed E-state index contributed by atoms with van der Waals surface area (Å²) in [7, 11) is -0.180. The maximum atomic E-state index is 12.3. The lowest BCUT2D eigenvalue weighted by atomic mass is 10.2. The van der Waals surface area contributed by atoms with E-state index < -0.39 is 16.6 Å². The molecule has 0 aliphatic heterocycles. The van der Waals surface area contributed by atoms with Crippen LogP contribution in [-0.2, 0) is 16.6 Å². The fourth-order valence-corrected chi connectivity index (χ4v) is 2.99. The lowest BCUT2D eigenvalue weighted by molar-refractivity contribution is 0.278. The van der Waals surface area contributed by atoms with Gasteiger partial charge in [0.05, 0.1) is 24.2 Å². The summed E-state index contributed by atoms with van der Waals surface area (Å²) in [6, 6.07) is 7.03. The Morgan fingerprint density at radius 3 is 2.70 bits per heavy atom. The van der Waals surface area contributed by atoms with Gasteiger partial charge in [-0.2, -0.15) is 13.5 Å². The molecular weight excluding hydrogens is 280 g/mol. The van der Waals surface area contributed by atoms with E-state index in [-0.39, 0.29) is 10.6 Å². The third-order valence-electron chi connectivity index (χ3n) is 2.75. The third kappa shape index (κ3) is 2.75. The molecule has 1 heterocycles. The van der Waals surface area contributed by atoms with Crippen molar-refractivity contribution < 1.29 is 13.5 Å². The third-order valence-corrected chi connectivity index (χ3v) is 4.13. The molecule has 0 atom stereocenters. The average Bonchev–Trinajstić information content (AvgIpc) is 2.87. The number of benzene rings is 1. The molecule has 20 heavy (non-hydrogen) atoms. The molecule has 2 aromatic rings. The second-order valence-corrected chi connectivity index (χ2v) is 6.02. The predicted octanol–water partition coefficient (Wildman–Crippen LogP) is 0.769. The highest BCUT2D eigenvalue weighted by Gasteiger charge is 2.21. The number of hydrogen-bond donors (Lipinski definition) is 3. The van der Waals surface area contributed by atoms with Crippen molar-refractivity contribution in [2.45, 2.75) is 11.6 Å². The van der Waals surface area contributed by atoms with Crippen molar-refractivity contribution in [1.29, 1.82) is 0 Å². The van der Waals surface area contributed by atoms with Crippen LogP contribution in [0.3, 0.4) is 0 Å². The first-order valence-corrected chi connectivity index (χ1v) is 7.36. The van der Waals surface area contributed by atoms with Gasteiger partial charge in [-0.25, -0.2) is 0 Å². The topological polar surface area (TPSA) is 98.3 Å². The van der Waals surface area contributed by atoms with Gasteiger partial charge in [-0.1, -0.05) is 12.1 Å². The van der Waals surface area contributed by atoms with Crippen molar-refractivity contribution in [2.75, 3.05) is 23.7 Å². The number of aromatic nitrogens is 2. The summed E-state index contributed by atoms with van der Waals surface area (Å²) in [6.07, 6.45) is 1.28. The summed E-state index contributed by atoms with van der Waals surface area (Å²) in [5.74, 6) is 0. The van der Waals surface area contributed by atoms with Gasteiger partial charge in [0.15, 0.2) is 5.03 Å². The van der Waals surface area contributed by atoms with Crippen LogP contribution < -0.4 is 9.62 Å². The number of para-hydroxylation sites is 2. The van der Waals surface area contributed by atoms with Crippen LogP contribution in [0.15, 0.2) is 35.5 Å². The summed E-state index contributed by atoms with van der Waals surface area (Å²) in [5, 5.41) is 15.0. The van der Waals surface area contributed by atoms with Gasteiger partial charge in [0.2, 0.25) is 0 Å².